The Hall–Kier alpha value is -4.24. The summed E-state index contributed by atoms with van der Waals surface area (Å²) in [6, 6.07) is 23.4. The van der Waals surface area contributed by atoms with Crippen LogP contribution in [0.25, 0.3) is 22.6 Å². The molecule has 2 heterocycles. The maximum atomic E-state index is 9.92. The standard InChI is InChI=1S/C24H19N5O/c1-30-20-9-7-18(8-10-20)22-21(15-25)24(27-16-17-5-3-2-4-6-17)29-23(28-22)19-11-13-26-14-12-19/h2-14H,16H2,1H3,(H,27,28,29). The molecule has 6 heteroatoms. The Morgan fingerprint density at radius 3 is 2.30 bits per heavy atom. The fraction of sp³-hybridized carbons (Fsp3) is 0.0833. The van der Waals surface area contributed by atoms with Crippen LogP contribution >= 0.6 is 0 Å². The second kappa shape index (κ2) is 8.84. The van der Waals surface area contributed by atoms with Gasteiger partial charge in [0.1, 0.15) is 23.2 Å². The largest absolute Gasteiger partial charge is 0.497 e. The highest BCUT2D eigenvalue weighted by Gasteiger charge is 2.17. The minimum absolute atomic E-state index is 0.397. The fourth-order valence-electron chi connectivity index (χ4n) is 3.06. The van der Waals surface area contributed by atoms with Crippen LogP contribution in [0.1, 0.15) is 11.1 Å². The van der Waals surface area contributed by atoms with Crippen molar-refractivity contribution in [3.63, 3.8) is 0 Å². The van der Waals surface area contributed by atoms with Gasteiger partial charge in [0.2, 0.25) is 0 Å². The van der Waals surface area contributed by atoms with Gasteiger partial charge in [-0.15, -0.1) is 0 Å². The zero-order chi connectivity index (χ0) is 20.8. The molecule has 2 aromatic heterocycles. The molecule has 30 heavy (non-hydrogen) atoms. The summed E-state index contributed by atoms with van der Waals surface area (Å²) < 4.78 is 5.25. The minimum atomic E-state index is 0.397. The number of nitriles is 1. The number of nitrogens with one attached hydrogen (secondary N) is 1. The summed E-state index contributed by atoms with van der Waals surface area (Å²) in [5.74, 6) is 1.76. The molecule has 0 unspecified atom stereocenters. The van der Waals surface area contributed by atoms with Crippen LogP contribution in [0.4, 0.5) is 5.82 Å². The maximum Gasteiger partial charge on any atom is 0.162 e. The molecule has 0 radical (unpaired) electrons. The van der Waals surface area contributed by atoms with E-state index in [-0.39, 0.29) is 0 Å². The molecular weight excluding hydrogens is 374 g/mol. The number of methoxy groups -OCH3 is 1. The highest BCUT2D eigenvalue weighted by Crippen LogP contribution is 2.30. The van der Waals surface area contributed by atoms with Crippen LogP contribution in [0.15, 0.2) is 79.1 Å². The first kappa shape index (κ1) is 19.1. The molecule has 0 saturated heterocycles. The summed E-state index contributed by atoms with van der Waals surface area (Å²) in [5, 5.41) is 13.2. The topological polar surface area (TPSA) is 83.7 Å². The van der Waals surface area contributed by atoms with E-state index in [4.69, 9.17) is 9.72 Å². The van der Waals surface area contributed by atoms with Gasteiger partial charge < -0.3 is 10.1 Å². The zero-order valence-corrected chi connectivity index (χ0v) is 16.4. The molecule has 0 atom stereocenters. The normalized spacial score (nSPS) is 10.3. The van der Waals surface area contributed by atoms with Gasteiger partial charge in [-0.1, -0.05) is 30.3 Å². The number of nitrogens with zero attached hydrogens (tertiary/aromatic N) is 4. The number of benzene rings is 2. The quantitative estimate of drug-likeness (QED) is 0.511. The molecule has 0 spiro atoms. The third-order valence-corrected chi connectivity index (χ3v) is 4.63. The highest BCUT2D eigenvalue weighted by molar-refractivity contribution is 5.76. The van der Waals surface area contributed by atoms with Crippen molar-refractivity contribution in [2.45, 2.75) is 6.54 Å². The van der Waals surface area contributed by atoms with Gasteiger partial charge in [-0.25, -0.2) is 9.97 Å². The van der Waals surface area contributed by atoms with Crippen molar-refractivity contribution in [3.05, 3.63) is 90.3 Å². The van der Waals surface area contributed by atoms with Crippen molar-refractivity contribution >= 4 is 5.82 Å². The highest BCUT2D eigenvalue weighted by atomic mass is 16.5. The van der Waals surface area contributed by atoms with Gasteiger partial charge in [-0.05, 0) is 42.0 Å². The van der Waals surface area contributed by atoms with E-state index in [1.165, 1.54) is 0 Å². The average molecular weight is 393 g/mol. The third kappa shape index (κ3) is 4.10. The van der Waals surface area contributed by atoms with Crippen LogP contribution in [0.5, 0.6) is 5.75 Å². The molecule has 1 N–H and O–H groups in total. The number of anilines is 1. The van der Waals surface area contributed by atoms with Gasteiger partial charge in [-0.2, -0.15) is 5.26 Å². The lowest BCUT2D eigenvalue weighted by molar-refractivity contribution is 0.415. The van der Waals surface area contributed by atoms with Crippen molar-refractivity contribution in [1.29, 1.82) is 5.26 Å². The number of aromatic nitrogens is 3. The summed E-state index contributed by atoms with van der Waals surface area (Å²) in [6.07, 6.45) is 3.39. The lowest BCUT2D eigenvalue weighted by Crippen LogP contribution is -2.07. The van der Waals surface area contributed by atoms with Crippen LogP contribution in [0.2, 0.25) is 0 Å². The van der Waals surface area contributed by atoms with E-state index in [2.05, 4.69) is 21.4 Å². The van der Waals surface area contributed by atoms with Crippen molar-refractivity contribution in [2.24, 2.45) is 0 Å². The van der Waals surface area contributed by atoms with Crippen molar-refractivity contribution in [1.82, 2.24) is 15.0 Å². The Balaban J connectivity index is 1.81. The predicted octanol–water partition coefficient (Wildman–Crippen LogP) is 4.70. The zero-order valence-electron chi connectivity index (χ0n) is 16.4. The average Bonchev–Trinajstić information content (AvgIpc) is 2.83. The molecule has 2 aromatic carbocycles. The van der Waals surface area contributed by atoms with E-state index >= 15 is 0 Å². The van der Waals surface area contributed by atoms with Gasteiger partial charge in [0.25, 0.3) is 0 Å². The summed E-state index contributed by atoms with van der Waals surface area (Å²) in [5.41, 5.74) is 3.70. The van der Waals surface area contributed by atoms with E-state index in [1.54, 1.807) is 19.5 Å². The first-order chi connectivity index (χ1) is 14.8. The van der Waals surface area contributed by atoms with Gasteiger partial charge in [0.05, 0.1) is 12.8 Å². The van der Waals surface area contributed by atoms with E-state index < -0.39 is 0 Å². The first-order valence-electron chi connectivity index (χ1n) is 9.43. The predicted molar refractivity (Wildman–Crippen MR) is 116 cm³/mol. The molecule has 0 aliphatic heterocycles. The number of pyridine rings is 1. The van der Waals surface area contributed by atoms with Crippen LogP contribution in [0, 0.1) is 11.3 Å². The summed E-state index contributed by atoms with van der Waals surface area (Å²) >= 11 is 0. The second-order valence-electron chi connectivity index (χ2n) is 6.53. The Bertz CT molecular complexity index is 1170. The number of ether oxygens (including phenoxy) is 1. The van der Waals surface area contributed by atoms with E-state index in [0.717, 1.165) is 22.4 Å². The molecule has 0 fully saturated rings. The molecule has 0 bridgehead atoms. The molecule has 4 aromatic rings. The molecule has 146 valence electrons. The van der Waals surface area contributed by atoms with Crippen molar-refractivity contribution in [2.75, 3.05) is 12.4 Å². The fourth-order valence-corrected chi connectivity index (χ4v) is 3.06. The third-order valence-electron chi connectivity index (χ3n) is 4.63. The summed E-state index contributed by atoms with van der Waals surface area (Å²) in [4.78, 5) is 13.4. The van der Waals surface area contributed by atoms with E-state index in [0.29, 0.717) is 29.4 Å². The Labute approximate surface area is 174 Å². The van der Waals surface area contributed by atoms with E-state index in [9.17, 15) is 5.26 Å². The Morgan fingerprint density at radius 1 is 0.900 bits per heavy atom. The molecule has 6 nitrogen and oxygen atoms in total. The minimum Gasteiger partial charge on any atom is -0.497 e. The first-order valence-corrected chi connectivity index (χ1v) is 9.43. The van der Waals surface area contributed by atoms with Gasteiger partial charge in [0, 0.05) is 30.1 Å². The number of hydrogen-bond donors (Lipinski definition) is 1. The lowest BCUT2D eigenvalue weighted by atomic mass is 10.1. The SMILES string of the molecule is COc1ccc(-c2nc(-c3ccncc3)nc(NCc3ccccc3)c2C#N)cc1. The molecule has 4 rings (SSSR count). The number of rotatable bonds is 6. The molecule has 0 amide bonds. The van der Waals surface area contributed by atoms with Crippen LogP contribution in [0.3, 0.4) is 0 Å². The Kier molecular flexibility index (Phi) is 5.63. The van der Waals surface area contributed by atoms with E-state index in [1.807, 2.05) is 66.7 Å². The molecule has 0 aliphatic rings. The molecular formula is C24H19N5O. The number of hydrogen-bond acceptors (Lipinski definition) is 6. The van der Waals surface area contributed by atoms with Gasteiger partial charge >= 0.3 is 0 Å². The van der Waals surface area contributed by atoms with Crippen molar-refractivity contribution < 1.29 is 4.74 Å². The summed E-state index contributed by atoms with van der Waals surface area (Å²) in [7, 11) is 1.62. The van der Waals surface area contributed by atoms with Gasteiger partial charge in [0.15, 0.2) is 5.82 Å². The Morgan fingerprint density at radius 2 is 1.63 bits per heavy atom. The monoisotopic (exact) mass is 393 g/mol. The maximum absolute atomic E-state index is 9.92. The van der Waals surface area contributed by atoms with Crippen LogP contribution < -0.4 is 10.1 Å². The van der Waals surface area contributed by atoms with Crippen LogP contribution in [-0.2, 0) is 6.54 Å². The smallest absolute Gasteiger partial charge is 0.162 e. The van der Waals surface area contributed by atoms with Crippen LogP contribution in [-0.4, -0.2) is 22.1 Å². The van der Waals surface area contributed by atoms with Gasteiger partial charge in [-0.3, -0.25) is 4.98 Å². The molecule has 0 aliphatic carbocycles. The van der Waals surface area contributed by atoms with Crippen molar-refractivity contribution in [3.8, 4) is 34.5 Å². The molecule has 0 saturated carbocycles. The summed E-state index contributed by atoms with van der Waals surface area (Å²) in [6.45, 7) is 0.546. The second-order valence-corrected chi connectivity index (χ2v) is 6.53. The lowest BCUT2D eigenvalue weighted by Gasteiger charge is -2.13.